The average Bonchev–Trinajstić information content (AvgIpc) is 3.32. The molecule has 8 heteroatoms. The lowest BCUT2D eigenvalue weighted by atomic mass is 9.79. The Balaban J connectivity index is 1.36. The molecule has 0 saturated carbocycles. The molecule has 0 spiro atoms. The van der Waals surface area contributed by atoms with E-state index in [1.54, 1.807) is 6.07 Å². The highest BCUT2D eigenvalue weighted by atomic mass is 19.1. The first-order chi connectivity index (χ1) is 18.1. The van der Waals surface area contributed by atoms with Crippen molar-refractivity contribution in [2.75, 3.05) is 46.5 Å². The van der Waals surface area contributed by atoms with Crippen LogP contribution in [0.15, 0.2) is 48.5 Å². The van der Waals surface area contributed by atoms with Crippen molar-refractivity contribution >= 4 is 16.9 Å². The average molecular weight is 507 g/mol. The van der Waals surface area contributed by atoms with E-state index in [1.165, 1.54) is 18.7 Å². The van der Waals surface area contributed by atoms with Crippen LogP contribution < -0.4 is 5.32 Å². The highest BCUT2D eigenvalue weighted by molar-refractivity contribution is 5.87. The van der Waals surface area contributed by atoms with Crippen molar-refractivity contribution in [3.05, 3.63) is 71.2 Å². The van der Waals surface area contributed by atoms with E-state index in [0.29, 0.717) is 12.0 Å². The van der Waals surface area contributed by atoms with Crippen LogP contribution in [0, 0.1) is 5.82 Å². The number of hydrogen-bond donors (Lipinski definition) is 2. The van der Waals surface area contributed by atoms with Gasteiger partial charge in [-0.25, -0.2) is 4.39 Å². The Kier molecular flexibility index (Phi) is 6.99. The van der Waals surface area contributed by atoms with Gasteiger partial charge in [0.25, 0.3) is 0 Å². The fourth-order valence-corrected chi connectivity index (χ4v) is 6.61. The normalized spacial score (nSPS) is 26.5. The number of nitrogens with zero attached hydrogens (tertiary/aromatic N) is 2. The molecule has 0 radical (unpaired) electrons. The van der Waals surface area contributed by atoms with Gasteiger partial charge in [-0.15, -0.1) is 0 Å². The number of carbonyl (C=O) groups excluding carboxylic acids is 1. The summed E-state index contributed by atoms with van der Waals surface area (Å²) in [7, 11) is 1.44. The number of methoxy groups -OCH3 is 1. The Morgan fingerprint density at radius 2 is 1.86 bits per heavy atom. The lowest BCUT2D eigenvalue weighted by Crippen LogP contribution is -2.56. The number of fused-ring (bicyclic) bond motifs is 5. The predicted molar refractivity (Wildman–Crippen MR) is 140 cm³/mol. The lowest BCUT2D eigenvalue weighted by Gasteiger charge is -2.50. The van der Waals surface area contributed by atoms with Gasteiger partial charge in [-0.1, -0.05) is 36.4 Å². The van der Waals surface area contributed by atoms with Crippen molar-refractivity contribution in [3.63, 3.8) is 0 Å². The van der Waals surface area contributed by atoms with Crippen molar-refractivity contribution < 1.29 is 18.7 Å². The minimum absolute atomic E-state index is 0.0560. The van der Waals surface area contributed by atoms with Crippen LogP contribution in [-0.4, -0.2) is 79.3 Å². The van der Waals surface area contributed by atoms with Crippen LogP contribution >= 0.6 is 0 Å². The molecule has 0 bridgehead atoms. The number of halogens is 1. The molecule has 2 aromatic carbocycles. The number of ether oxygens (including phenoxy) is 2. The van der Waals surface area contributed by atoms with Crippen molar-refractivity contribution in [3.8, 4) is 0 Å². The molecule has 0 amide bonds. The number of morpholine rings is 1. The second kappa shape index (κ2) is 10.5. The lowest BCUT2D eigenvalue weighted by molar-refractivity contribution is -0.152. The van der Waals surface area contributed by atoms with Crippen LogP contribution in [0.4, 0.5) is 4.39 Å². The second-order valence-electron chi connectivity index (χ2n) is 10.4. The Morgan fingerprint density at radius 1 is 1.11 bits per heavy atom. The third kappa shape index (κ3) is 4.68. The van der Waals surface area contributed by atoms with Crippen LogP contribution in [0.25, 0.3) is 10.9 Å². The first-order valence-electron chi connectivity index (χ1n) is 13.4. The van der Waals surface area contributed by atoms with Crippen LogP contribution in [0.1, 0.15) is 41.7 Å². The Morgan fingerprint density at radius 3 is 2.68 bits per heavy atom. The summed E-state index contributed by atoms with van der Waals surface area (Å²) in [6.07, 6.45) is 2.10. The number of rotatable bonds is 6. The van der Waals surface area contributed by atoms with E-state index in [2.05, 4.69) is 32.2 Å². The van der Waals surface area contributed by atoms with E-state index in [9.17, 15) is 4.79 Å². The quantitative estimate of drug-likeness (QED) is 0.499. The maximum atomic E-state index is 15.2. The van der Waals surface area contributed by atoms with Crippen molar-refractivity contribution in [1.29, 1.82) is 0 Å². The van der Waals surface area contributed by atoms with Crippen LogP contribution in [0.3, 0.4) is 0 Å². The SMILES string of the molecule is COC(=O)[C@@H]1Cc2c([nH]c3ccccc23)[C@H]2C[C@@H](NCCN3CCOCC3)C[C@@H](c3ccccc3F)N21. The highest BCUT2D eigenvalue weighted by Crippen LogP contribution is 2.49. The van der Waals surface area contributed by atoms with Gasteiger partial charge in [0.2, 0.25) is 0 Å². The minimum atomic E-state index is -0.472. The fourth-order valence-electron chi connectivity index (χ4n) is 6.61. The zero-order valence-corrected chi connectivity index (χ0v) is 21.3. The summed E-state index contributed by atoms with van der Waals surface area (Å²) in [5.41, 5.74) is 4.03. The number of carbonyl (C=O) groups is 1. The Bertz CT molecular complexity index is 1260. The number of aromatic nitrogens is 1. The van der Waals surface area contributed by atoms with Crippen molar-refractivity contribution in [2.24, 2.45) is 0 Å². The molecule has 3 aliphatic rings. The summed E-state index contributed by atoms with van der Waals surface area (Å²) < 4.78 is 26.0. The summed E-state index contributed by atoms with van der Waals surface area (Å²) >= 11 is 0. The molecule has 4 heterocycles. The number of esters is 1. The van der Waals surface area contributed by atoms with Gasteiger partial charge < -0.3 is 19.8 Å². The van der Waals surface area contributed by atoms with E-state index < -0.39 is 6.04 Å². The standard InChI is InChI=1S/C29H35FN4O3/c1-36-29(35)27-18-22-20-6-3-5-9-24(20)32-28(22)26-17-19(31-10-11-33-12-14-37-15-13-33)16-25(34(26)27)21-7-2-4-8-23(21)30/h2-9,19,25-27,31-32H,10-18H2,1H3/t19-,25-,26+,27-/m0/s1. The molecule has 1 aromatic heterocycles. The Labute approximate surface area is 216 Å². The topological polar surface area (TPSA) is 69.8 Å². The zero-order valence-electron chi connectivity index (χ0n) is 21.3. The third-order valence-corrected chi connectivity index (χ3v) is 8.37. The first-order valence-corrected chi connectivity index (χ1v) is 13.4. The van der Waals surface area contributed by atoms with Gasteiger partial charge in [-0.3, -0.25) is 14.6 Å². The third-order valence-electron chi connectivity index (χ3n) is 8.37. The fraction of sp³-hybridized carbons (Fsp3) is 0.483. The second-order valence-corrected chi connectivity index (χ2v) is 10.4. The van der Waals surface area contributed by atoms with Crippen LogP contribution in [0.2, 0.25) is 0 Å². The molecule has 4 atom stereocenters. The monoisotopic (exact) mass is 506 g/mol. The van der Waals surface area contributed by atoms with E-state index in [-0.39, 0.29) is 29.9 Å². The van der Waals surface area contributed by atoms with Gasteiger partial charge in [-0.2, -0.15) is 0 Å². The number of piperidine rings is 1. The summed E-state index contributed by atoms with van der Waals surface area (Å²) in [5, 5.41) is 4.93. The first kappa shape index (κ1) is 24.6. The molecule has 196 valence electrons. The number of para-hydroxylation sites is 1. The minimum Gasteiger partial charge on any atom is -0.468 e. The van der Waals surface area contributed by atoms with Gasteiger partial charge in [-0.05, 0) is 30.5 Å². The molecule has 2 saturated heterocycles. The molecule has 0 aliphatic carbocycles. The molecule has 7 nitrogen and oxygen atoms in total. The van der Waals surface area contributed by atoms with Crippen molar-refractivity contribution in [2.45, 2.75) is 43.4 Å². The highest BCUT2D eigenvalue weighted by Gasteiger charge is 2.48. The van der Waals surface area contributed by atoms with Crippen molar-refractivity contribution in [1.82, 2.24) is 20.1 Å². The van der Waals surface area contributed by atoms with E-state index in [1.807, 2.05) is 24.3 Å². The molecule has 6 rings (SSSR count). The van der Waals surface area contributed by atoms with E-state index in [4.69, 9.17) is 9.47 Å². The summed E-state index contributed by atoms with van der Waals surface area (Å²) in [6.45, 7) is 5.31. The Hall–Kier alpha value is -2.78. The van der Waals surface area contributed by atoms with Crippen LogP contribution in [0.5, 0.6) is 0 Å². The molecule has 3 aromatic rings. The molecule has 3 aliphatic heterocycles. The molecule has 0 unspecified atom stereocenters. The van der Waals surface area contributed by atoms with Gasteiger partial charge in [0.1, 0.15) is 11.9 Å². The van der Waals surface area contributed by atoms with Gasteiger partial charge in [0.15, 0.2) is 0 Å². The van der Waals surface area contributed by atoms with Gasteiger partial charge >= 0.3 is 5.97 Å². The number of H-pyrrole nitrogens is 1. The molecular formula is C29H35FN4O3. The number of benzene rings is 2. The molecule has 37 heavy (non-hydrogen) atoms. The largest absolute Gasteiger partial charge is 0.468 e. The van der Waals surface area contributed by atoms with E-state index >= 15 is 4.39 Å². The van der Waals surface area contributed by atoms with E-state index in [0.717, 1.165) is 68.8 Å². The molecule has 2 fully saturated rings. The number of nitrogens with one attached hydrogen (secondary N) is 2. The maximum Gasteiger partial charge on any atom is 0.323 e. The summed E-state index contributed by atoms with van der Waals surface area (Å²) in [4.78, 5) is 21.5. The number of hydrogen-bond acceptors (Lipinski definition) is 6. The van der Waals surface area contributed by atoms with Crippen LogP contribution in [-0.2, 0) is 20.7 Å². The predicted octanol–water partition coefficient (Wildman–Crippen LogP) is 3.57. The smallest absolute Gasteiger partial charge is 0.323 e. The summed E-state index contributed by atoms with van der Waals surface area (Å²) in [6, 6.07) is 14.7. The summed E-state index contributed by atoms with van der Waals surface area (Å²) in [5.74, 6) is -0.493. The van der Waals surface area contributed by atoms with Gasteiger partial charge in [0.05, 0.1) is 26.4 Å². The number of aromatic amines is 1. The molecular weight excluding hydrogens is 471 g/mol. The maximum absolute atomic E-state index is 15.2. The zero-order chi connectivity index (χ0) is 25.4. The molecule has 2 N–H and O–H groups in total. The van der Waals surface area contributed by atoms with Gasteiger partial charge in [0, 0.05) is 66.8 Å².